The molecule has 0 aromatic heterocycles. The number of hydrogen-bond donors (Lipinski definition) is 0. The summed E-state index contributed by atoms with van der Waals surface area (Å²) in [5.41, 5.74) is 0. The fraction of sp³-hybridized carbons (Fsp3) is 0.333. The van der Waals surface area contributed by atoms with Crippen molar-refractivity contribution >= 4 is 159 Å². The first-order chi connectivity index (χ1) is 2.39. The fourth-order valence-corrected chi connectivity index (χ4v) is 0.642. The minimum absolute atomic E-state index is 0. The summed E-state index contributed by atoms with van der Waals surface area (Å²) in [6, 6.07) is 0. The Morgan fingerprint density at radius 3 is 1.33 bits per heavy atom. The Balaban J connectivity index is -0.0000000312. The van der Waals surface area contributed by atoms with Gasteiger partial charge in [0.05, 0.1) is 0 Å². The molecule has 0 aromatic carbocycles. The van der Waals surface area contributed by atoms with Gasteiger partial charge in [0.2, 0.25) is 0 Å². The van der Waals surface area contributed by atoms with Gasteiger partial charge in [0.15, 0.2) is 0 Å². The molecule has 0 saturated heterocycles. The third kappa shape index (κ3) is 13.0. The maximum absolute atomic E-state index is 10.00. The molecule has 0 aliphatic carbocycles. The van der Waals surface area contributed by atoms with Gasteiger partial charge in [-0.2, -0.15) is 0 Å². The van der Waals surface area contributed by atoms with Gasteiger partial charge < -0.3 is 4.57 Å². The quantitative estimate of drug-likeness (QED) is 0.419. The van der Waals surface area contributed by atoms with E-state index in [1.54, 1.807) is 5.82 Å². The standard InChI is InChI=1S/C3H5OP.4Ca/c4-5-2-1-3-5;;;;/h1-2,5H,3H2;;;;. The Kier molecular flexibility index (Phi) is 40.7. The van der Waals surface area contributed by atoms with Crippen molar-refractivity contribution < 1.29 is 4.57 Å². The molecule has 8 radical (unpaired) electrons. The van der Waals surface area contributed by atoms with E-state index in [1.807, 2.05) is 6.08 Å². The number of hydrogen-bond acceptors (Lipinski definition) is 1. The molecule has 0 bridgehead atoms. The van der Waals surface area contributed by atoms with E-state index in [0.29, 0.717) is 0 Å². The van der Waals surface area contributed by atoms with Crippen LogP contribution < -0.4 is 0 Å². The maximum Gasteiger partial charge on any atom is 0.100 e. The van der Waals surface area contributed by atoms with Crippen LogP contribution in [0, 0.1) is 0 Å². The molecule has 1 aliphatic rings. The van der Waals surface area contributed by atoms with E-state index in [-0.39, 0.29) is 151 Å². The summed E-state index contributed by atoms with van der Waals surface area (Å²) in [6.07, 6.45) is 2.78. The van der Waals surface area contributed by atoms with Crippen molar-refractivity contribution in [3.63, 3.8) is 0 Å². The molecule has 0 spiro atoms. The van der Waals surface area contributed by atoms with E-state index in [0.717, 1.165) is 6.16 Å². The van der Waals surface area contributed by atoms with Gasteiger partial charge >= 0.3 is 0 Å². The van der Waals surface area contributed by atoms with Crippen molar-refractivity contribution in [2.75, 3.05) is 6.16 Å². The van der Waals surface area contributed by atoms with Crippen molar-refractivity contribution in [1.82, 2.24) is 0 Å². The van der Waals surface area contributed by atoms with E-state index in [9.17, 15) is 4.57 Å². The van der Waals surface area contributed by atoms with Crippen molar-refractivity contribution in [3.05, 3.63) is 11.9 Å². The number of allylic oxidation sites excluding steroid dienone is 1. The average Bonchev–Trinajstić information content (AvgIpc) is 1.30. The molecule has 1 atom stereocenters. The Hall–Kier alpha value is 5.01. The van der Waals surface area contributed by atoms with E-state index < -0.39 is 7.80 Å². The van der Waals surface area contributed by atoms with Gasteiger partial charge in [0.1, 0.15) is 7.80 Å². The van der Waals surface area contributed by atoms with Gasteiger partial charge in [0, 0.05) is 157 Å². The largest absolute Gasteiger partial charge is 0.322 e. The zero-order valence-corrected chi connectivity index (χ0v) is 15.4. The van der Waals surface area contributed by atoms with Crippen LogP contribution >= 0.6 is 7.80 Å². The molecule has 36 valence electrons. The molecule has 6 heteroatoms. The molecule has 0 aromatic rings. The van der Waals surface area contributed by atoms with Crippen LogP contribution in [0.1, 0.15) is 0 Å². The van der Waals surface area contributed by atoms with Gasteiger partial charge in [-0.3, -0.25) is 0 Å². The van der Waals surface area contributed by atoms with Gasteiger partial charge in [-0.05, 0) is 5.82 Å². The molecule has 0 N–H and O–H groups in total. The molecule has 0 fully saturated rings. The summed E-state index contributed by atoms with van der Waals surface area (Å²) < 4.78 is 10.00. The first-order valence-electron chi connectivity index (χ1n) is 1.59. The van der Waals surface area contributed by atoms with E-state index >= 15 is 0 Å². The third-order valence-corrected chi connectivity index (χ3v) is 1.87. The topological polar surface area (TPSA) is 17.1 Å². The second-order valence-electron chi connectivity index (χ2n) is 1.07. The molecule has 1 heterocycles. The van der Waals surface area contributed by atoms with Crippen molar-refractivity contribution in [2.45, 2.75) is 0 Å². The van der Waals surface area contributed by atoms with Crippen LogP contribution in [-0.2, 0) is 4.57 Å². The summed E-state index contributed by atoms with van der Waals surface area (Å²) in [7, 11) is -1.12. The Morgan fingerprint density at radius 1 is 1.11 bits per heavy atom. The van der Waals surface area contributed by atoms with E-state index in [2.05, 4.69) is 0 Å². The molecule has 9 heavy (non-hydrogen) atoms. The molecular formula is C3H5Ca4OP. The first kappa shape index (κ1) is 23.7. The first-order valence-corrected chi connectivity index (χ1v) is 3.28. The summed E-state index contributed by atoms with van der Waals surface area (Å²) in [5, 5.41) is 0. The van der Waals surface area contributed by atoms with E-state index in [1.165, 1.54) is 0 Å². The number of rotatable bonds is 0. The molecular weight excluding hydrogens is 243 g/mol. The summed E-state index contributed by atoms with van der Waals surface area (Å²) >= 11 is 0. The van der Waals surface area contributed by atoms with Crippen LogP contribution in [0.4, 0.5) is 0 Å². The fourth-order valence-electron chi connectivity index (χ4n) is 0.214. The minimum Gasteiger partial charge on any atom is -0.322 e. The van der Waals surface area contributed by atoms with Crippen LogP contribution in [0.2, 0.25) is 0 Å². The van der Waals surface area contributed by atoms with E-state index in [4.69, 9.17) is 0 Å². The van der Waals surface area contributed by atoms with Gasteiger partial charge in [-0.25, -0.2) is 0 Å². The van der Waals surface area contributed by atoms with Gasteiger partial charge in [-0.1, -0.05) is 6.08 Å². The Morgan fingerprint density at radius 2 is 1.33 bits per heavy atom. The summed E-state index contributed by atoms with van der Waals surface area (Å²) in [5.74, 6) is 1.77. The minimum atomic E-state index is -1.12. The molecule has 0 amide bonds. The van der Waals surface area contributed by atoms with Crippen molar-refractivity contribution in [2.24, 2.45) is 0 Å². The smallest absolute Gasteiger partial charge is 0.100 e. The molecule has 1 rings (SSSR count). The summed E-state index contributed by atoms with van der Waals surface area (Å²) in [6.45, 7) is 0. The second-order valence-corrected chi connectivity index (χ2v) is 2.75. The Labute approximate surface area is 176 Å². The van der Waals surface area contributed by atoms with Gasteiger partial charge in [0.25, 0.3) is 0 Å². The maximum atomic E-state index is 10.00. The molecule has 1 unspecified atom stereocenters. The third-order valence-electron chi connectivity index (χ3n) is 0.623. The molecule has 0 saturated carbocycles. The van der Waals surface area contributed by atoms with Crippen molar-refractivity contribution in [1.29, 1.82) is 0 Å². The predicted octanol–water partition coefficient (Wildman–Crippen LogP) is -0.450. The monoisotopic (exact) mass is 248 g/mol. The predicted molar refractivity (Wildman–Crippen MR) is 46.0 cm³/mol. The zero-order chi connectivity index (χ0) is 3.70. The van der Waals surface area contributed by atoms with Gasteiger partial charge in [-0.15, -0.1) is 0 Å². The SMILES string of the molecule is O=[PH]1C=CC1.[Ca].[Ca].[Ca].[Ca]. The van der Waals surface area contributed by atoms with Crippen LogP contribution in [0.15, 0.2) is 11.9 Å². The molecule has 1 aliphatic heterocycles. The summed E-state index contributed by atoms with van der Waals surface area (Å²) in [4.78, 5) is 0. The van der Waals surface area contributed by atoms with Crippen LogP contribution in [-0.4, -0.2) is 157 Å². The normalized spacial score (nSPS) is 18.4. The molecule has 1 nitrogen and oxygen atoms in total. The second kappa shape index (κ2) is 15.5. The van der Waals surface area contributed by atoms with Crippen LogP contribution in [0.5, 0.6) is 0 Å². The Bertz CT molecular complexity index is 93.8. The average molecular weight is 248 g/mol. The van der Waals surface area contributed by atoms with Crippen LogP contribution in [0.25, 0.3) is 0 Å². The van der Waals surface area contributed by atoms with Crippen LogP contribution in [0.3, 0.4) is 0 Å². The zero-order valence-electron chi connectivity index (χ0n) is 5.60. The van der Waals surface area contributed by atoms with Crippen molar-refractivity contribution in [3.8, 4) is 0 Å².